The largest absolute Gasteiger partial charge is 0.326 e. The van der Waals surface area contributed by atoms with Crippen LogP contribution in [0.1, 0.15) is 43.4 Å². The summed E-state index contributed by atoms with van der Waals surface area (Å²) in [6, 6.07) is 8.03. The Bertz CT molecular complexity index is 411. The molecule has 0 aliphatic carbocycles. The number of piperidine rings is 1. The quantitative estimate of drug-likeness (QED) is 0.886. The Morgan fingerprint density at radius 3 is 2.67 bits per heavy atom. The van der Waals surface area contributed by atoms with Crippen molar-refractivity contribution in [1.82, 2.24) is 4.90 Å². The van der Waals surface area contributed by atoms with Crippen molar-refractivity contribution in [3.63, 3.8) is 0 Å². The molecule has 1 fully saturated rings. The summed E-state index contributed by atoms with van der Waals surface area (Å²) < 4.78 is 0. The molecule has 1 aromatic rings. The van der Waals surface area contributed by atoms with E-state index in [0.29, 0.717) is 6.54 Å². The first kappa shape index (κ1) is 13.2. The van der Waals surface area contributed by atoms with Gasteiger partial charge in [-0.1, -0.05) is 30.7 Å². The molecule has 0 bridgehead atoms. The van der Waals surface area contributed by atoms with Gasteiger partial charge in [0, 0.05) is 6.54 Å². The van der Waals surface area contributed by atoms with E-state index >= 15 is 0 Å². The molecule has 1 aromatic carbocycles. The third kappa shape index (κ3) is 2.98. The maximum Gasteiger partial charge on any atom is 0.151 e. The maximum absolute atomic E-state index is 12.0. The van der Waals surface area contributed by atoms with Gasteiger partial charge in [0.2, 0.25) is 0 Å². The summed E-state index contributed by atoms with van der Waals surface area (Å²) in [6.07, 6.45) is 3.67. The van der Waals surface area contributed by atoms with Gasteiger partial charge in [0.05, 0.1) is 6.04 Å². The van der Waals surface area contributed by atoms with Crippen molar-refractivity contribution in [1.29, 1.82) is 0 Å². The average Bonchev–Trinajstić information content (AvgIpc) is 2.40. The number of likely N-dealkylation sites (tertiary alicyclic amines) is 1. The lowest BCUT2D eigenvalue weighted by Gasteiger charge is -2.33. The van der Waals surface area contributed by atoms with Crippen LogP contribution in [0.3, 0.4) is 0 Å². The molecular weight excluding hydrogens is 224 g/mol. The highest BCUT2D eigenvalue weighted by atomic mass is 16.1. The van der Waals surface area contributed by atoms with Crippen LogP contribution in [0, 0.1) is 0 Å². The zero-order valence-corrected chi connectivity index (χ0v) is 11.1. The minimum Gasteiger partial charge on any atom is -0.326 e. The molecule has 2 rings (SSSR count). The number of hydrogen-bond donors (Lipinski definition) is 1. The topological polar surface area (TPSA) is 46.3 Å². The van der Waals surface area contributed by atoms with E-state index in [1.54, 1.807) is 6.92 Å². The van der Waals surface area contributed by atoms with E-state index < -0.39 is 0 Å². The molecule has 1 atom stereocenters. The summed E-state index contributed by atoms with van der Waals surface area (Å²) in [5, 5.41) is 0. The summed E-state index contributed by atoms with van der Waals surface area (Å²) in [7, 11) is 0. The summed E-state index contributed by atoms with van der Waals surface area (Å²) in [4.78, 5) is 14.3. The monoisotopic (exact) mass is 246 g/mol. The van der Waals surface area contributed by atoms with Gasteiger partial charge in [-0.2, -0.15) is 0 Å². The smallest absolute Gasteiger partial charge is 0.151 e. The predicted molar refractivity (Wildman–Crippen MR) is 73.2 cm³/mol. The fourth-order valence-electron chi connectivity index (χ4n) is 2.77. The normalized spacial score (nSPS) is 18.6. The van der Waals surface area contributed by atoms with Gasteiger partial charge in [-0.15, -0.1) is 0 Å². The van der Waals surface area contributed by atoms with Gasteiger partial charge >= 0.3 is 0 Å². The molecule has 1 aliphatic heterocycles. The first-order valence-electron chi connectivity index (χ1n) is 6.76. The lowest BCUT2D eigenvalue weighted by molar-refractivity contribution is -0.122. The number of Topliss-reactive ketones (excluding diaryl/α,β-unsaturated/α-hetero) is 1. The lowest BCUT2D eigenvalue weighted by Crippen LogP contribution is -2.37. The van der Waals surface area contributed by atoms with Crippen LogP contribution in [-0.2, 0) is 11.3 Å². The van der Waals surface area contributed by atoms with Gasteiger partial charge < -0.3 is 5.73 Å². The van der Waals surface area contributed by atoms with E-state index in [1.807, 2.05) is 18.2 Å². The Hall–Kier alpha value is -1.19. The molecule has 2 N–H and O–H groups in total. The van der Waals surface area contributed by atoms with Crippen LogP contribution in [0.25, 0.3) is 0 Å². The van der Waals surface area contributed by atoms with Gasteiger partial charge in [0.1, 0.15) is 0 Å². The SMILES string of the molecule is CC(=O)C(c1cccc(CN)c1)N1CCCCC1. The summed E-state index contributed by atoms with van der Waals surface area (Å²) in [6.45, 7) is 4.26. The molecule has 98 valence electrons. The van der Waals surface area contributed by atoms with Crippen LogP contribution in [0.2, 0.25) is 0 Å². The maximum atomic E-state index is 12.0. The molecule has 0 aromatic heterocycles. The van der Waals surface area contributed by atoms with Crippen molar-refractivity contribution in [2.75, 3.05) is 13.1 Å². The number of nitrogens with two attached hydrogens (primary N) is 1. The number of benzene rings is 1. The Morgan fingerprint density at radius 2 is 2.06 bits per heavy atom. The molecule has 18 heavy (non-hydrogen) atoms. The van der Waals surface area contributed by atoms with Gasteiger partial charge in [0.25, 0.3) is 0 Å². The Labute approximate surface area is 109 Å². The van der Waals surface area contributed by atoms with Crippen LogP contribution in [0.15, 0.2) is 24.3 Å². The van der Waals surface area contributed by atoms with E-state index in [4.69, 9.17) is 5.73 Å². The molecule has 1 aliphatic rings. The van der Waals surface area contributed by atoms with Crippen LogP contribution in [-0.4, -0.2) is 23.8 Å². The zero-order valence-electron chi connectivity index (χ0n) is 11.1. The standard InChI is InChI=1S/C15H22N2O/c1-12(18)15(17-8-3-2-4-9-17)14-7-5-6-13(10-14)11-16/h5-7,10,15H,2-4,8-9,11,16H2,1H3. The second-order valence-corrected chi connectivity index (χ2v) is 5.06. The van der Waals surface area contributed by atoms with Gasteiger partial charge in [-0.25, -0.2) is 0 Å². The van der Waals surface area contributed by atoms with Crippen LogP contribution in [0.5, 0.6) is 0 Å². The minimum absolute atomic E-state index is 0.0863. The first-order valence-corrected chi connectivity index (χ1v) is 6.76. The predicted octanol–water partition coefficient (Wildman–Crippen LogP) is 2.26. The highest BCUT2D eigenvalue weighted by molar-refractivity contribution is 5.83. The Morgan fingerprint density at radius 1 is 1.33 bits per heavy atom. The fraction of sp³-hybridized carbons (Fsp3) is 0.533. The average molecular weight is 246 g/mol. The van der Waals surface area contributed by atoms with Gasteiger partial charge in [-0.05, 0) is 44.0 Å². The van der Waals surface area contributed by atoms with Crippen LogP contribution >= 0.6 is 0 Å². The van der Waals surface area contributed by atoms with Crippen molar-refractivity contribution in [3.05, 3.63) is 35.4 Å². The highest BCUT2D eigenvalue weighted by Crippen LogP contribution is 2.26. The van der Waals surface area contributed by atoms with E-state index in [1.165, 1.54) is 19.3 Å². The van der Waals surface area contributed by atoms with Crippen molar-refractivity contribution >= 4 is 5.78 Å². The van der Waals surface area contributed by atoms with Gasteiger partial charge in [-0.3, -0.25) is 9.69 Å². The zero-order chi connectivity index (χ0) is 13.0. The number of ketones is 1. The van der Waals surface area contributed by atoms with E-state index in [2.05, 4.69) is 11.0 Å². The Balaban J connectivity index is 2.25. The van der Waals surface area contributed by atoms with E-state index in [0.717, 1.165) is 24.2 Å². The van der Waals surface area contributed by atoms with Gasteiger partial charge in [0.15, 0.2) is 5.78 Å². The van der Waals surface area contributed by atoms with Crippen molar-refractivity contribution in [2.45, 2.75) is 38.8 Å². The summed E-state index contributed by atoms with van der Waals surface area (Å²) in [5.41, 5.74) is 7.86. The van der Waals surface area contributed by atoms with E-state index in [9.17, 15) is 4.79 Å². The van der Waals surface area contributed by atoms with Crippen LogP contribution < -0.4 is 5.73 Å². The van der Waals surface area contributed by atoms with Crippen molar-refractivity contribution in [3.8, 4) is 0 Å². The summed E-state index contributed by atoms with van der Waals surface area (Å²) >= 11 is 0. The lowest BCUT2D eigenvalue weighted by atomic mass is 9.97. The second-order valence-electron chi connectivity index (χ2n) is 5.06. The fourth-order valence-corrected chi connectivity index (χ4v) is 2.77. The number of hydrogen-bond acceptors (Lipinski definition) is 3. The molecule has 1 unspecified atom stereocenters. The molecular formula is C15H22N2O. The van der Waals surface area contributed by atoms with E-state index in [-0.39, 0.29) is 11.8 Å². The first-order chi connectivity index (χ1) is 8.72. The number of nitrogens with zero attached hydrogens (tertiary/aromatic N) is 1. The van der Waals surface area contributed by atoms with Crippen LogP contribution in [0.4, 0.5) is 0 Å². The minimum atomic E-state index is -0.0863. The number of rotatable bonds is 4. The highest BCUT2D eigenvalue weighted by Gasteiger charge is 2.25. The number of carbonyl (C=O) groups excluding carboxylic acids is 1. The van der Waals surface area contributed by atoms with Crippen molar-refractivity contribution in [2.24, 2.45) is 5.73 Å². The molecule has 0 spiro atoms. The molecule has 1 heterocycles. The molecule has 0 saturated carbocycles. The second kappa shape index (κ2) is 6.12. The summed E-state index contributed by atoms with van der Waals surface area (Å²) in [5.74, 6) is 0.228. The molecule has 0 radical (unpaired) electrons. The van der Waals surface area contributed by atoms with Crippen molar-refractivity contribution < 1.29 is 4.79 Å². The molecule has 3 heteroatoms. The number of carbonyl (C=O) groups is 1. The third-order valence-corrected chi connectivity index (χ3v) is 3.64. The Kier molecular flexibility index (Phi) is 4.50. The molecule has 3 nitrogen and oxygen atoms in total. The molecule has 0 amide bonds. The third-order valence-electron chi connectivity index (χ3n) is 3.64. The molecule has 1 saturated heterocycles.